The second-order valence-electron chi connectivity index (χ2n) is 6.05. The van der Waals surface area contributed by atoms with E-state index in [4.69, 9.17) is 0 Å². The molecule has 0 aromatic carbocycles. The number of anilines is 1. The minimum atomic E-state index is -0.138. The summed E-state index contributed by atoms with van der Waals surface area (Å²) in [5.41, 5.74) is 2.67. The van der Waals surface area contributed by atoms with Crippen molar-refractivity contribution in [3.8, 4) is 10.7 Å². The van der Waals surface area contributed by atoms with E-state index >= 15 is 0 Å². The highest BCUT2D eigenvalue weighted by molar-refractivity contribution is 7.17. The third-order valence-corrected chi connectivity index (χ3v) is 6.45. The molecule has 0 radical (unpaired) electrons. The van der Waals surface area contributed by atoms with Crippen molar-refractivity contribution in [3.05, 3.63) is 45.5 Å². The topological polar surface area (TPSA) is 67.8 Å². The number of aromatic nitrogens is 3. The van der Waals surface area contributed by atoms with Gasteiger partial charge in [-0.2, -0.15) is 0 Å². The fourth-order valence-corrected chi connectivity index (χ4v) is 4.93. The summed E-state index contributed by atoms with van der Waals surface area (Å²) in [5.74, 6) is -0.138. The lowest BCUT2D eigenvalue weighted by atomic mass is 10.2. The van der Waals surface area contributed by atoms with Crippen LogP contribution in [0.5, 0.6) is 0 Å². The Bertz CT molecular complexity index is 878. The molecular formula is C18H18N4OS2. The maximum absolute atomic E-state index is 12.7. The van der Waals surface area contributed by atoms with E-state index in [1.807, 2.05) is 25.1 Å². The van der Waals surface area contributed by atoms with Crippen LogP contribution in [-0.4, -0.2) is 20.9 Å². The maximum atomic E-state index is 12.7. The molecule has 1 aliphatic carbocycles. The van der Waals surface area contributed by atoms with Gasteiger partial charge in [0.25, 0.3) is 5.91 Å². The van der Waals surface area contributed by atoms with Gasteiger partial charge in [-0.05, 0) is 44.7 Å². The van der Waals surface area contributed by atoms with Crippen molar-refractivity contribution in [2.75, 3.05) is 5.32 Å². The van der Waals surface area contributed by atoms with Gasteiger partial charge >= 0.3 is 0 Å². The normalized spacial score (nSPS) is 14.0. The zero-order chi connectivity index (χ0) is 17.2. The SMILES string of the molecule is Cc1nc(-c2ccccn2)sc1C(=O)Nc1nc2c(s1)CCCCC2. The van der Waals surface area contributed by atoms with Crippen molar-refractivity contribution in [1.29, 1.82) is 0 Å². The van der Waals surface area contributed by atoms with Crippen molar-refractivity contribution in [2.24, 2.45) is 0 Å². The van der Waals surface area contributed by atoms with Crippen LogP contribution in [-0.2, 0) is 12.8 Å². The monoisotopic (exact) mass is 370 g/mol. The summed E-state index contributed by atoms with van der Waals surface area (Å²) in [4.78, 5) is 28.0. The Hall–Kier alpha value is -2.12. The highest BCUT2D eigenvalue weighted by Crippen LogP contribution is 2.31. The molecule has 0 atom stereocenters. The number of carbonyl (C=O) groups is 1. The van der Waals surface area contributed by atoms with Gasteiger partial charge in [0.05, 0.1) is 17.1 Å². The number of nitrogens with one attached hydrogen (secondary N) is 1. The number of thiazole rings is 2. The Kier molecular flexibility index (Phi) is 4.59. The van der Waals surface area contributed by atoms with Gasteiger partial charge in [-0.3, -0.25) is 15.1 Å². The van der Waals surface area contributed by atoms with Crippen molar-refractivity contribution in [2.45, 2.75) is 39.0 Å². The van der Waals surface area contributed by atoms with Crippen LogP contribution in [0.25, 0.3) is 10.7 Å². The van der Waals surface area contributed by atoms with Gasteiger partial charge < -0.3 is 0 Å². The smallest absolute Gasteiger partial charge is 0.269 e. The van der Waals surface area contributed by atoms with E-state index in [1.165, 1.54) is 35.5 Å². The number of aryl methyl sites for hydroxylation is 3. The quantitative estimate of drug-likeness (QED) is 0.690. The molecule has 1 amide bonds. The highest BCUT2D eigenvalue weighted by atomic mass is 32.1. The molecule has 0 bridgehead atoms. The molecule has 1 aliphatic rings. The van der Waals surface area contributed by atoms with E-state index in [0.717, 1.165) is 34.9 Å². The second kappa shape index (κ2) is 7.01. The predicted molar refractivity (Wildman–Crippen MR) is 101 cm³/mol. The van der Waals surface area contributed by atoms with Crippen molar-refractivity contribution < 1.29 is 4.79 Å². The summed E-state index contributed by atoms with van der Waals surface area (Å²) in [6, 6.07) is 5.68. The lowest BCUT2D eigenvalue weighted by Crippen LogP contribution is -2.11. The summed E-state index contributed by atoms with van der Waals surface area (Å²) >= 11 is 2.98. The van der Waals surface area contributed by atoms with Crippen molar-refractivity contribution >= 4 is 33.7 Å². The van der Waals surface area contributed by atoms with Crippen LogP contribution in [0.3, 0.4) is 0 Å². The Labute approximate surface area is 154 Å². The number of carbonyl (C=O) groups excluding carboxylic acids is 1. The number of nitrogens with zero attached hydrogens (tertiary/aromatic N) is 3. The molecule has 4 rings (SSSR count). The second-order valence-corrected chi connectivity index (χ2v) is 8.13. The van der Waals surface area contributed by atoms with E-state index in [-0.39, 0.29) is 5.91 Å². The number of hydrogen-bond acceptors (Lipinski definition) is 6. The molecular weight excluding hydrogens is 352 g/mol. The number of fused-ring (bicyclic) bond motifs is 1. The first kappa shape index (κ1) is 16.4. The first-order valence-corrected chi connectivity index (χ1v) is 10.0. The average Bonchev–Trinajstić information content (AvgIpc) is 3.12. The molecule has 3 aromatic rings. The fourth-order valence-electron chi connectivity index (χ4n) is 2.94. The molecule has 0 fully saturated rings. The van der Waals surface area contributed by atoms with Crippen LogP contribution >= 0.6 is 22.7 Å². The fraction of sp³-hybridized carbons (Fsp3) is 0.333. The zero-order valence-electron chi connectivity index (χ0n) is 13.9. The standard InChI is InChI=1S/C18H18N4OS2/c1-11-15(25-17(20-11)13-8-5-6-10-19-13)16(23)22-18-21-12-7-3-2-4-9-14(12)24-18/h5-6,8,10H,2-4,7,9H2,1H3,(H,21,22,23). The van der Waals surface area contributed by atoms with E-state index in [0.29, 0.717) is 10.0 Å². The summed E-state index contributed by atoms with van der Waals surface area (Å²) in [6.45, 7) is 1.86. The van der Waals surface area contributed by atoms with Crippen LogP contribution in [0.4, 0.5) is 5.13 Å². The van der Waals surface area contributed by atoms with Crippen LogP contribution in [0, 0.1) is 6.92 Å². The summed E-state index contributed by atoms with van der Waals surface area (Å²) in [6.07, 6.45) is 7.49. The van der Waals surface area contributed by atoms with E-state index in [2.05, 4.69) is 20.3 Å². The minimum Gasteiger partial charge on any atom is -0.297 e. The van der Waals surface area contributed by atoms with Crippen molar-refractivity contribution in [1.82, 2.24) is 15.0 Å². The third kappa shape index (κ3) is 3.48. The molecule has 7 heteroatoms. The Morgan fingerprint density at radius 1 is 1.12 bits per heavy atom. The third-order valence-electron chi connectivity index (χ3n) is 4.20. The molecule has 128 valence electrons. The van der Waals surface area contributed by atoms with Gasteiger partial charge in [-0.15, -0.1) is 22.7 Å². The Morgan fingerprint density at radius 2 is 2.00 bits per heavy atom. The molecule has 0 unspecified atom stereocenters. The van der Waals surface area contributed by atoms with Crippen LogP contribution in [0.2, 0.25) is 0 Å². The lowest BCUT2D eigenvalue weighted by Gasteiger charge is -1.99. The molecule has 3 aromatic heterocycles. The van der Waals surface area contributed by atoms with Gasteiger partial charge in [0.15, 0.2) is 5.13 Å². The van der Waals surface area contributed by atoms with E-state index < -0.39 is 0 Å². The Morgan fingerprint density at radius 3 is 2.84 bits per heavy atom. The number of rotatable bonds is 3. The largest absolute Gasteiger partial charge is 0.297 e. The van der Waals surface area contributed by atoms with Crippen LogP contribution in [0.15, 0.2) is 24.4 Å². The molecule has 0 saturated heterocycles. The van der Waals surface area contributed by atoms with Gasteiger partial charge in [-0.25, -0.2) is 9.97 Å². The van der Waals surface area contributed by atoms with E-state index in [1.54, 1.807) is 17.5 Å². The van der Waals surface area contributed by atoms with Crippen molar-refractivity contribution in [3.63, 3.8) is 0 Å². The van der Waals surface area contributed by atoms with Gasteiger partial charge in [0, 0.05) is 11.1 Å². The molecule has 0 saturated carbocycles. The molecule has 1 N–H and O–H groups in total. The first-order valence-electron chi connectivity index (χ1n) is 8.39. The predicted octanol–water partition coefficient (Wildman–Crippen LogP) is 4.49. The number of pyridine rings is 1. The first-order chi connectivity index (χ1) is 12.2. The molecule has 0 spiro atoms. The Balaban J connectivity index is 1.55. The minimum absolute atomic E-state index is 0.138. The van der Waals surface area contributed by atoms with Crippen LogP contribution in [0.1, 0.15) is 45.2 Å². The number of hydrogen-bond donors (Lipinski definition) is 1. The molecule has 3 heterocycles. The summed E-state index contributed by atoms with van der Waals surface area (Å²) in [5, 5.41) is 4.42. The number of amides is 1. The highest BCUT2D eigenvalue weighted by Gasteiger charge is 2.20. The zero-order valence-corrected chi connectivity index (χ0v) is 15.5. The average molecular weight is 371 g/mol. The van der Waals surface area contributed by atoms with Crippen LogP contribution < -0.4 is 5.32 Å². The van der Waals surface area contributed by atoms with E-state index in [9.17, 15) is 4.79 Å². The van der Waals surface area contributed by atoms with Gasteiger partial charge in [0.2, 0.25) is 0 Å². The molecule has 5 nitrogen and oxygen atoms in total. The maximum Gasteiger partial charge on any atom is 0.269 e. The van der Waals surface area contributed by atoms with Gasteiger partial charge in [-0.1, -0.05) is 12.5 Å². The lowest BCUT2D eigenvalue weighted by molar-refractivity contribution is 0.103. The molecule has 0 aliphatic heterocycles. The summed E-state index contributed by atoms with van der Waals surface area (Å²) in [7, 11) is 0. The van der Waals surface area contributed by atoms with Gasteiger partial charge in [0.1, 0.15) is 9.88 Å². The summed E-state index contributed by atoms with van der Waals surface area (Å²) < 4.78 is 0. The molecule has 25 heavy (non-hydrogen) atoms.